The van der Waals surface area contributed by atoms with Gasteiger partial charge in [0.2, 0.25) is 0 Å². The zero-order valence-corrected chi connectivity index (χ0v) is 10.6. The standard InChI is InChI=1S/C12H13N3O2S/c1-15(8-2-4-9(16)5-3-8)12(17)10-7-18-11(6-13)14-10/h2-5,7,16H,6,13H2,1H3. The monoisotopic (exact) mass is 263 g/mol. The summed E-state index contributed by atoms with van der Waals surface area (Å²) < 4.78 is 0. The first-order valence-electron chi connectivity index (χ1n) is 5.33. The number of nitrogens with two attached hydrogens (primary N) is 1. The number of aromatic hydroxyl groups is 1. The smallest absolute Gasteiger partial charge is 0.277 e. The second kappa shape index (κ2) is 5.16. The first-order chi connectivity index (χ1) is 8.61. The van der Waals surface area contributed by atoms with E-state index in [1.165, 1.54) is 28.4 Å². The number of thiazole rings is 1. The Hall–Kier alpha value is -1.92. The molecule has 94 valence electrons. The van der Waals surface area contributed by atoms with Crippen LogP contribution in [0.1, 0.15) is 15.5 Å². The Kier molecular flexibility index (Phi) is 3.59. The van der Waals surface area contributed by atoms with E-state index in [4.69, 9.17) is 5.73 Å². The number of phenolic OH excluding ortho intramolecular Hbond substituents is 1. The highest BCUT2D eigenvalue weighted by Crippen LogP contribution is 2.19. The predicted octanol–water partition coefficient (Wildman–Crippen LogP) is 1.58. The molecule has 1 amide bonds. The molecule has 0 unspecified atom stereocenters. The minimum atomic E-state index is -0.198. The van der Waals surface area contributed by atoms with Gasteiger partial charge in [-0.2, -0.15) is 0 Å². The van der Waals surface area contributed by atoms with Gasteiger partial charge in [-0.1, -0.05) is 0 Å². The molecule has 0 atom stereocenters. The molecule has 0 aliphatic rings. The summed E-state index contributed by atoms with van der Waals surface area (Å²) in [6.45, 7) is 0.334. The van der Waals surface area contributed by atoms with E-state index in [0.29, 0.717) is 17.9 Å². The first-order valence-corrected chi connectivity index (χ1v) is 6.21. The lowest BCUT2D eigenvalue weighted by molar-refractivity contribution is 0.0988. The van der Waals surface area contributed by atoms with Crippen LogP contribution in [0.3, 0.4) is 0 Å². The van der Waals surface area contributed by atoms with Crippen molar-refractivity contribution in [1.82, 2.24) is 4.98 Å². The van der Waals surface area contributed by atoms with Crippen molar-refractivity contribution in [2.45, 2.75) is 6.54 Å². The Bertz CT molecular complexity index is 551. The lowest BCUT2D eigenvalue weighted by atomic mass is 10.2. The van der Waals surface area contributed by atoms with E-state index in [1.54, 1.807) is 24.6 Å². The summed E-state index contributed by atoms with van der Waals surface area (Å²) in [4.78, 5) is 17.8. The van der Waals surface area contributed by atoms with Gasteiger partial charge in [0.1, 0.15) is 16.5 Å². The van der Waals surface area contributed by atoms with E-state index >= 15 is 0 Å². The number of carbonyl (C=O) groups excluding carboxylic acids is 1. The summed E-state index contributed by atoms with van der Waals surface area (Å²) >= 11 is 1.37. The minimum Gasteiger partial charge on any atom is -0.508 e. The van der Waals surface area contributed by atoms with Gasteiger partial charge in [0.15, 0.2) is 0 Å². The van der Waals surface area contributed by atoms with E-state index < -0.39 is 0 Å². The fraction of sp³-hybridized carbons (Fsp3) is 0.167. The number of anilines is 1. The van der Waals surface area contributed by atoms with Gasteiger partial charge < -0.3 is 15.7 Å². The summed E-state index contributed by atoms with van der Waals surface area (Å²) in [5.41, 5.74) is 6.54. The van der Waals surface area contributed by atoms with Gasteiger partial charge in [0.25, 0.3) is 5.91 Å². The van der Waals surface area contributed by atoms with Gasteiger partial charge >= 0.3 is 0 Å². The Balaban J connectivity index is 2.20. The van der Waals surface area contributed by atoms with Crippen molar-refractivity contribution in [3.05, 3.63) is 40.3 Å². The quantitative estimate of drug-likeness (QED) is 0.881. The molecule has 1 heterocycles. The Labute approximate surface area is 108 Å². The Morgan fingerprint density at radius 2 is 2.11 bits per heavy atom. The predicted molar refractivity (Wildman–Crippen MR) is 70.8 cm³/mol. The number of aromatic nitrogens is 1. The van der Waals surface area contributed by atoms with Crippen LogP contribution >= 0.6 is 11.3 Å². The van der Waals surface area contributed by atoms with Crippen molar-refractivity contribution in [3.63, 3.8) is 0 Å². The number of carbonyl (C=O) groups is 1. The van der Waals surface area contributed by atoms with Gasteiger partial charge in [-0.25, -0.2) is 4.98 Å². The first kappa shape index (κ1) is 12.5. The van der Waals surface area contributed by atoms with Crippen LogP contribution in [0.25, 0.3) is 0 Å². The zero-order valence-electron chi connectivity index (χ0n) is 9.83. The Morgan fingerprint density at radius 3 is 2.67 bits per heavy atom. The highest BCUT2D eigenvalue weighted by atomic mass is 32.1. The largest absolute Gasteiger partial charge is 0.508 e. The molecule has 2 rings (SSSR count). The maximum Gasteiger partial charge on any atom is 0.277 e. The summed E-state index contributed by atoms with van der Waals surface area (Å²) in [5, 5.41) is 11.6. The fourth-order valence-corrected chi connectivity index (χ4v) is 2.12. The van der Waals surface area contributed by atoms with E-state index in [0.717, 1.165) is 5.01 Å². The zero-order chi connectivity index (χ0) is 13.1. The maximum atomic E-state index is 12.1. The van der Waals surface area contributed by atoms with Crippen LogP contribution in [0.15, 0.2) is 29.6 Å². The van der Waals surface area contributed by atoms with Crippen molar-refractivity contribution >= 4 is 22.9 Å². The highest BCUT2D eigenvalue weighted by molar-refractivity contribution is 7.09. The number of hydrogen-bond donors (Lipinski definition) is 2. The van der Waals surface area contributed by atoms with Gasteiger partial charge in [-0.3, -0.25) is 4.79 Å². The number of benzene rings is 1. The van der Waals surface area contributed by atoms with Gasteiger partial charge in [-0.05, 0) is 24.3 Å². The lowest BCUT2D eigenvalue weighted by Gasteiger charge is -2.15. The molecule has 0 saturated carbocycles. The van der Waals surface area contributed by atoms with Crippen LogP contribution in [0.2, 0.25) is 0 Å². The van der Waals surface area contributed by atoms with Crippen LogP contribution in [-0.2, 0) is 6.54 Å². The molecule has 0 bridgehead atoms. The third kappa shape index (κ3) is 2.49. The number of rotatable bonds is 3. The number of hydrogen-bond acceptors (Lipinski definition) is 5. The summed E-state index contributed by atoms with van der Waals surface area (Å²) in [6.07, 6.45) is 0. The Morgan fingerprint density at radius 1 is 1.44 bits per heavy atom. The topological polar surface area (TPSA) is 79.5 Å². The minimum absolute atomic E-state index is 0.165. The van der Waals surface area contributed by atoms with Crippen LogP contribution in [0, 0.1) is 0 Å². The molecule has 1 aromatic carbocycles. The molecule has 0 saturated heterocycles. The SMILES string of the molecule is CN(C(=O)c1csc(CN)n1)c1ccc(O)cc1. The molecule has 6 heteroatoms. The maximum absolute atomic E-state index is 12.1. The molecule has 18 heavy (non-hydrogen) atoms. The molecule has 0 fully saturated rings. The van der Waals surface area contributed by atoms with Crippen LogP contribution in [0.5, 0.6) is 5.75 Å². The second-order valence-corrected chi connectivity index (χ2v) is 4.65. The van der Waals surface area contributed by atoms with Gasteiger partial charge in [0.05, 0.1) is 0 Å². The third-order valence-corrected chi connectivity index (χ3v) is 3.36. The molecule has 2 aromatic rings. The van der Waals surface area contributed by atoms with Crippen molar-refractivity contribution in [1.29, 1.82) is 0 Å². The molecule has 0 aliphatic carbocycles. The van der Waals surface area contributed by atoms with Crippen molar-refractivity contribution in [3.8, 4) is 5.75 Å². The third-order valence-electron chi connectivity index (χ3n) is 2.49. The number of nitrogens with zero attached hydrogens (tertiary/aromatic N) is 2. The molecule has 5 nitrogen and oxygen atoms in total. The van der Waals surface area contributed by atoms with Crippen LogP contribution in [0.4, 0.5) is 5.69 Å². The van der Waals surface area contributed by atoms with Crippen LogP contribution < -0.4 is 10.6 Å². The van der Waals surface area contributed by atoms with E-state index in [-0.39, 0.29) is 11.7 Å². The average Bonchev–Trinajstić information content (AvgIpc) is 2.86. The van der Waals surface area contributed by atoms with Gasteiger partial charge in [0, 0.05) is 24.7 Å². The van der Waals surface area contributed by atoms with E-state index in [9.17, 15) is 9.90 Å². The van der Waals surface area contributed by atoms with Crippen molar-refractivity contribution < 1.29 is 9.90 Å². The average molecular weight is 263 g/mol. The molecule has 3 N–H and O–H groups in total. The molecule has 0 radical (unpaired) electrons. The second-order valence-electron chi connectivity index (χ2n) is 3.71. The fourth-order valence-electron chi connectivity index (χ4n) is 1.47. The van der Waals surface area contributed by atoms with Gasteiger partial charge in [-0.15, -0.1) is 11.3 Å². The van der Waals surface area contributed by atoms with Crippen LogP contribution in [-0.4, -0.2) is 23.0 Å². The summed E-state index contributed by atoms with van der Waals surface area (Å²) in [5.74, 6) is -0.0321. The molecular formula is C12H13N3O2S. The molecule has 0 spiro atoms. The highest BCUT2D eigenvalue weighted by Gasteiger charge is 2.16. The number of phenols is 1. The normalized spacial score (nSPS) is 10.3. The lowest BCUT2D eigenvalue weighted by Crippen LogP contribution is -2.26. The van der Waals surface area contributed by atoms with E-state index in [2.05, 4.69) is 4.98 Å². The molecular weight excluding hydrogens is 250 g/mol. The number of amides is 1. The summed E-state index contributed by atoms with van der Waals surface area (Å²) in [6, 6.07) is 6.41. The molecule has 0 aliphatic heterocycles. The van der Waals surface area contributed by atoms with Crippen molar-refractivity contribution in [2.24, 2.45) is 5.73 Å². The summed E-state index contributed by atoms with van der Waals surface area (Å²) in [7, 11) is 1.66. The van der Waals surface area contributed by atoms with E-state index in [1.807, 2.05) is 0 Å². The van der Waals surface area contributed by atoms with Crippen molar-refractivity contribution in [2.75, 3.05) is 11.9 Å². The molecule has 1 aromatic heterocycles.